The lowest BCUT2D eigenvalue weighted by Gasteiger charge is -2.25. The number of hydrogen-bond donors (Lipinski definition) is 0. The number of hydrogen-bond acceptors (Lipinski definition) is 2. The highest BCUT2D eigenvalue weighted by Gasteiger charge is 2.27. The first-order valence-electron chi connectivity index (χ1n) is 7.31. The molecule has 1 fully saturated rings. The smallest absolute Gasteiger partial charge is 0.226 e. The molecule has 0 unspecified atom stereocenters. The number of aromatic nitrogens is 1. The predicted molar refractivity (Wildman–Crippen MR) is 79.5 cm³/mol. The third kappa shape index (κ3) is 2.84. The molecule has 0 saturated carbocycles. The van der Waals surface area contributed by atoms with Gasteiger partial charge in [0.15, 0.2) is 11.6 Å². The molecule has 1 atom stereocenters. The summed E-state index contributed by atoms with van der Waals surface area (Å²) in [5.74, 6) is -1.86. The van der Waals surface area contributed by atoms with E-state index in [4.69, 9.17) is 0 Å². The highest BCUT2D eigenvalue weighted by atomic mass is 19.2. The average Bonchev–Trinajstić information content (AvgIpc) is 2.73. The lowest BCUT2D eigenvalue weighted by atomic mass is 9.93. The van der Waals surface area contributed by atoms with Crippen molar-refractivity contribution in [3.05, 3.63) is 59.9 Å². The Bertz CT molecular complexity index is 676. The van der Waals surface area contributed by atoms with Crippen LogP contribution in [0.5, 0.6) is 0 Å². The van der Waals surface area contributed by atoms with Gasteiger partial charge in [-0.05, 0) is 36.6 Å². The largest absolute Gasteiger partial charge is 0.312 e. The van der Waals surface area contributed by atoms with Crippen LogP contribution >= 0.6 is 0 Å². The van der Waals surface area contributed by atoms with Crippen molar-refractivity contribution in [3.8, 4) is 0 Å². The van der Waals surface area contributed by atoms with E-state index in [1.54, 1.807) is 35.5 Å². The van der Waals surface area contributed by atoms with Crippen molar-refractivity contribution < 1.29 is 13.6 Å². The van der Waals surface area contributed by atoms with Gasteiger partial charge in [0.1, 0.15) is 0 Å². The molecule has 2 heterocycles. The SMILES string of the molecule is O=C1CCC[C@@H](c2cccc(F)c2F)CN1c1ccncc1. The molecule has 1 aromatic heterocycles. The van der Waals surface area contributed by atoms with Crippen LogP contribution in [0, 0.1) is 11.6 Å². The summed E-state index contributed by atoms with van der Waals surface area (Å²) in [6.07, 6.45) is 4.97. The van der Waals surface area contributed by atoms with Gasteiger partial charge in [0.25, 0.3) is 0 Å². The second-order valence-corrected chi connectivity index (χ2v) is 5.44. The standard InChI is InChI=1S/C17H16F2N2O/c18-15-5-2-4-14(17(15)19)12-3-1-6-16(22)21(11-12)13-7-9-20-10-8-13/h2,4-5,7-10,12H,1,3,6,11H2/t12-/m1/s1. The van der Waals surface area contributed by atoms with Crippen molar-refractivity contribution in [1.29, 1.82) is 0 Å². The number of nitrogens with zero attached hydrogens (tertiary/aromatic N) is 2. The van der Waals surface area contributed by atoms with Gasteiger partial charge in [-0.2, -0.15) is 0 Å². The van der Waals surface area contributed by atoms with Gasteiger partial charge in [-0.1, -0.05) is 12.1 Å². The topological polar surface area (TPSA) is 33.2 Å². The van der Waals surface area contributed by atoms with Gasteiger partial charge in [0.2, 0.25) is 5.91 Å². The van der Waals surface area contributed by atoms with Gasteiger partial charge in [-0.15, -0.1) is 0 Å². The van der Waals surface area contributed by atoms with E-state index >= 15 is 0 Å². The molecule has 114 valence electrons. The van der Waals surface area contributed by atoms with E-state index in [0.717, 1.165) is 11.8 Å². The first-order chi connectivity index (χ1) is 10.7. The highest BCUT2D eigenvalue weighted by Crippen LogP contribution is 2.31. The Balaban J connectivity index is 1.93. The molecule has 1 aliphatic heterocycles. The van der Waals surface area contributed by atoms with E-state index in [1.165, 1.54) is 6.07 Å². The molecular formula is C17H16F2N2O. The minimum Gasteiger partial charge on any atom is -0.312 e. The summed E-state index contributed by atoms with van der Waals surface area (Å²) >= 11 is 0. The molecule has 0 aliphatic carbocycles. The molecule has 1 saturated heterocycles. The maximum absolute atomic E-state index is 14.1. The number of halogens is 2. The van der Waals surface area contributed by atoms with Gasteiger partial charge in [0, 0.05) is 37.0 Å². The van der Waals surface area contributed by atoms with E-state index in [2.05, 4.69) is 4.98 Å². The van der Waals surface area contributed by atoms with Crippen LogP contribution in [0.1, 0.15) is 30.7 Å². The Kier molecular flexibility index (Phi) is 4.13. The van der Waals surface area contributed by atoms with Crippen molar-refractivity contribution in [3.63, 3.8) is 0 Å². The second kappa shape index (κ2) is 6.22. The summed E-state index contributed by atoms with van der Waals surface area (Å²) in [4.78, 5) is 17.9. The first-order valence-corrected chi connectivity index (χ1v) is 7.31. The Morgan fingerprint density at radius 3 is 2.68 bits per heavy atom. The molecule has 3 nitrogen and oxygen atoms in total. The van der Waals surface area contributed by atoms with Crippen molar-refractivity contribution in [2.75, 3.05) is 11.4 Å². The number of benzene rings is 1. The lowest BCUT2D eigenvalue weighted by Crippen LogP contribution is -2.32. The molecule has 3 rings (SSSR count). The van der Waals surface area contributed by atoms with Crippen LogP contribution in [0.25, 0.3) is 0 Å². The van der Waals surface area contributed by atoms with Crippen molar-refractivity contribution in [1.82, 2.24) is 4.98 Å². The van der Waals surface area contributed by atoms with Gasteiger partial charge < -0.3 is 4.90 Å². The fourth-order valence-corrected chi connectivity index (χ4v) is 2.91. The van der Waals surface area contributed by atoms with Gasteiger partial charge in [-0.25, -0.2) is 8.78 Å². The van der Waals surface area contributed by atoms with E-state index < -0.39 is 11.6 Å². The molecule has 1 amide bonds. The number of carbonyl (C=O) groups is 1. The zero-order chi connectivity index (χ0) is 15.5. The number of amides is 1. The van der Waals surface area contributed by atoms with Crippen molar-refractivity contribution in [2.45, 2.75) is 25.2 Å². The van der Waals surface area contributed by atoms with Crippen LogP contribution in [0.15, 0.2) is 42.7 Å². The van der Waals surface area contributed by atoms with Crippen molar-refractivity contribution >= 4 is 11.6 Å². The lowest BCUT2D eigenvalue weighted by molar-refractivity contribution is -0.118. The summed E-state index contributed by atoms with van der Waals surface area (Å²) in [6, 6.07) is 7.73. The van der Waals surface area contributed by atoms with Crippen LogP contribution in [-0.4, -0.2) is 17.4 Å². The Morgan fingerprint density at radius 1 is 1.14 bits per heavy atom. The minimum atomic E-state index is -0.844. The highest BCUT2D eigenvalue weighted by molar-refractivity contribution is 5.93. The fourth-order valence-electron chi connectivity index (χ4n) is 2.91. The zero-order valence-electron chi connectivity index (χ0n) is 12.0. The number of pyridine rings is 1. The molecule has 5 heteroatoms. The summed E-state index contributed by atoms with van der Waals surface area (Å²) in [5, 5.41) is 0. The van der Waals surface area contributed by atoms with E-state index in [-0.39, 0.29) is 11.8 Å². The fraction of sp³-hybridized carbons (Fsp3) is 0.294. The maximum Gasteiger partial charge on any atom is 0.226 e. The number of carbonyl (C=O) groups excluding carboxylic acids is 1. The van der Waals surface area contributed by atoms with Crippen LogP contribution in [0.4, 0.5) is 14.5 Å². The van der Waals surface area contributed by atoms with Crippen LogP contribution in [-0.2, 0) is 4.79 Å². The van der Waals surface area contributed by atoms with Gasteiger partial charge >= 0.3 is 0 Å². The predicted octanol–water partition coefficient (Wildman–Crippen LogP) is 3.66. The molecule has 1 aliphatic rings. The molecule has 0 spiro atoms. The summed E-state index contributed by atoms with van der Waals surface area (Å²) in [6.45, 7) is 0.350. The van der Waals surface area contributed by atoms with E-state index in [9.17, 15) is 13.6 Å². The second-order valence-electron chi connectivity index (χ2n) is 5.44. The molecular weight excluding hydrogens is 286 g/mol. The Morgan fingerprint density at radius 2 is 1.91 bits per heavy atom. The summed E-state index contributed by atoms with van der Waals surface area (Å²) in [7, 11) is 0. The van der Waals surface area contributed by atoms with Gasteiger partial charge in [-0.3, -0.25) is 9.78 Å². The Hall–Kier alpha value is -2.30. The molecule has 0 N–H and O–H groups in total. The normalized spacial score (nSPS) is 19.1. The van der Waals surface area contributed by atoms with Crippen LogP contribution in [0.2, 0.25) is 0 Å². The number of anilines is 1. The van der Waals surface area contributed by atoms with Crippen LogP contribution in [0.3, 0.4) is 0 Å². The average molecular weight is 302 g/mol. The van der Waals surface area contributed by atoms with Crippen LogP contribution < -0.4 is 4.90 Å². The van der Waals surface area contributed by atoms with E-state index in [1.807, 2.05) is 0 Å². The summed E-state index contributed by atoms with van der Waals surface area (Å²) < 4.78 is 27.5. The third-order valence-corrected chi connectivity index (χ3v) is 4.04. The third-order valence-electron chi connectivity index (χ3n) is 4.04. The van der Waals surface area contributed by atoms with E-state index in [0.29, 0.717) is 31.4 Å². The summed E-state index contributed by atoms with van der Waals surface area (Å²) in [5.41, 5.74) is 1.08. The Labute approximate surface area is 127 Å². The van der Waals surface area contributed by atoms with Crippen molar-refractivity contribution in [2.24, 2.45) is 0 Å². The quantitative estimate of drug-likeness (QED) is 0.848. The zero-order valence-corrected chi connectivity index (χ0v) is 12.0. The molecule has 2 aromatic rings. The monoisotopic (exact) mass is 302 g/mol. The number of rotatable bonds is 2. The molecule has 1 aromatic carbocycles. The minimum absolute atomic E-state index is 0.00510. The maximum atomic E-state index is 14.1. The van der Waals surface area contributed by atoms with Gasteiger partial charge in [0.05, 0.1) is 0 Å². The molecule has 0 radical (unpaired) electrons. The molecule has 22 heavy (non-hydrogen) atoms. The first kappa shape index (κ1) is 14.6. The molecule has 0 bridgehead atoms.